The van der Waals surface area contributed by atoms with Gasteiger partial charge in [-0.25, -0.2) is 0 Å². The van der Waals surface area contributed by atoms with Gasteiger partial charge in [-0.3, -0.25) is 4.79 Å². The monoisotopic (exact) mass is 301 g/mol. The summed E-state index contributed by atoms with van der Waals surface area (Å²) in [5.41, 5.74) is 1.60. The molecule has 1 atom stereocenters. The number of rotatable bonds is 3. The molecule has 0 aliphatic carbocycles. The summed E-state index contributed by atoms with van der Waals surface area (Å²) in [6.45, 7) is 2.08. The van der Waals surface area contributed by atoms with Crippen molar-refractivity contribution in [2.45, 2.75) is 31.4 Å². The van der Waals surface area contributed by atoms with Gasteiger partial charge in [-0.05, 0) is 38.5 Å². The molecule has 2 heterocycles. The molecule has 5 heteroatoms. The van der Waals surface area contributed by atoms with Crippen molar-refractivity contribution in [3.05, 3.63) is 35.9 Å². The van der Waals surface area contributed by atoms with E-state index in [2.05, 4.69) is 17.1 Å². The summed E-state index contributed by atoms with van der Waals surface area (Å²) in [5, 5.41) is 4.04. The van der Waals surface area contributed by atoms with Gasteiger partial charge in [-0.15, -0.1) is 0 Å². The molecular weight excluding hydrogens is 278 g/mol. The Bertz CT molecular complexity index is 550. The van der Waals surface area contributed by atoms with Crippen LogP contribution in [0.5, 0.6) is 0 Å². The van der Waals surface area contributed by atoms with Gasteiger partial charge in [0.15, 0.2) is 6.10 Å². The van der Waals surface area contributed by atoms with E-state index in [1.54, 1.807) is 0 Å². The van der Waals surface area contributed by atoms with Gasteiger partial charge < -0.3 is 14.6 Å². The van der Waals surface area contributed by atoms with E-state index >= 15 is 0 Å². The zero-order chi connectivity index (χ0) is 15.5. The molecule has 1 saturated heterocycles. The highest BCUT2D eigenvalue weighted by Crippen LogP contribution is 2.28. The summed E-state index contributed by atoms with van der Waals surface area (Å²) in [5.74, 6) is 0.00739. The molecule has 0 saturated carbocycles. The van der Waals surface area contributed by atoms with E-state index in [1.165, 1.54) is 0 Å². The van der Waals surface area contributed by atoms with Crippen LogP contribution < -0.4 is 0 Å². The quantitative estimate of drug-likeness (QED) is 0.858. The first-order valence-corrected chi connectivity index (χ1v) is 7.88. The fourth-order valence-electron chi connectivity index (χ4n) is 3.10. The van der Waals surface area contributed by atoms with Gasteiger partial charge in [0.1, 0.15) is 5.71 Å². The van der Waals surface area contributed by atoms with Crippen LogP contribution in [-0.2, 0) is 9.63 Å². The van der Waals surface area contributed by atoms with Crippen LogP contribution in [0.2, 0.25) is 0 Å². The Labute approximate surface area is 131 Å². The first kappa shape index (κ1) is 15.0. The van der Waals surface area contributed by atoms with E-state index in [9.17, 15) is 4.79 Å². The van der Waals surface area contributed by atoms with Gasteiger partial charge in [0.2, 0.25) is 0 Å². The summed E-state index contributed by atoms with van der Waals surface area (Å²) in [6.07, 6.45) is 2.47. The van der Waals surface area contributed by atoms with Crippen LogP contribution in [0.15, 0.2) is 35.5 Å². The van der Waals surface area contributed by atoms with E-state index in [0.717, 1.165) is 31.5 Å². The molecule has 1 fully saturated rings. The van der Waals surface area contributed by atoms with E-state index in [0.29, 0.717) is 18.2 Å². The highest BCUT2D eigenvalue weighted by atomic mass is 16.6. The number of hydrogen-bond donors (Lipinski definition) is 0. The van der Waals surface area contributed by atoms with Gasteiger partial charge in [0.05, 0.1) is 0 Å². The van der Waals surface area contributed by atoms with Gasteiger partial charge in [0.25, 0.3) is 5.91 Å². The first-order chi connectivity index (χ1) is 10.6. The molecule has 22 heavy (non-hydrogen) atoms. The van der Waals surface area contributed by atoms with Crippen molar-refractivity contribution in [2.24, 2.45) is 5.16 Å². The second-order valence-corrected chi connectivity index (χ2v) is 6.20. The topological polar surface area (TPSA) is 45.1 Å². The van der Waals surface area contributed by atoms with Gasteiger partial charge in [-0.1, -0.05) is 35.5 Å². The van der Waals surface area contributed by atoms with Gasteiger partial charge in [0, 0.05) is 19.5 Å². The Morgan fingerprint density at radius 1 is 1.27 bits per heavy atom. The Morgan fingerprint density at radius 3 is 2.64 bits per heavy atom. The second-order valence-electron chi connectivity index (χ2n) is 6.20. The Morgan fingerprint density at radius 2 is 1.95 bits per heavy atom. The molecule has 0 N–H and O–H groups in total. The van der Waals surface area contributed by atoms with Crippen molar-refractivity contribution in [1.29, 1.82) is 0 Å². The zero-order valence-corrected chi connectivity index (χ0v) is 13.2. The fraction of sp³-hybridized carbons (Fsp3) is 0.529. The Kier molecular flexibility index (Phi) is 4.43. The number of nitrogens with zero attached hydrogens (tertiary/aromatic N) is 3. The number of likely N-dealkylation sites (tertiary alicyclic amines) is 1. The third kappa shape index (κ3) is 3.14. The smallest absolute Gasteiger partial charge is 0.271 e. The SMILES string of the molecule is CN1CCC(N(C)C(=O)C2=NOC(c3ccccc3)C2)CC1. The molecule has 1 unspecified atom stereocenters. The summed E-state index contributed by atoms with van der Waals surface area (Å²) < 4.78 is 0. The maximum absolute atomic E-state index is 12.6. The molecular formula is C17H23N3O2. The first-order valence-electron chi connectivity index (χ1n) is 7.88. The van der Waals surface area contributed by atoms with Crippen molar-refractivity contribution < 1.29 is 9.63 Å². The number of oxime groups is 1. The Balaban J connectivity index is 1.59. The lowest BCUT2D eigenvalue weighted by atomic mass is 10.0. The highest BCUT2D eigenvalue weighted by Gasteiger charge is 2.32. The predicted molar refractivity (Wildman–Crippen MR) is 85.6 cm³/mol. The van der Waals surface area contributed by atoms with Crippen LogP contribution >= 0.6 is 0 Å². The molecule has 118 valence electrons. The summed E-state index contributed by atoms with van der Waals surface area (Å²) in [4.78, 5) is 22.2. The number of piperidine rings is 1. The molecule has 2 aliphatic rings. The van der Waals surface area contributed by atoms with E-state index in [-0.39, 0.29) is 12.0 Å². The van der Waals surface area contributed by atoms with Gasteiger partial charge >= 0.3 is 0 Å². The fourth-order valence-corrected chi connectivity index (χ4v) is 3.10. The lowest BCUT2D eigenvalue weighted by Gasteiger charge is -2.34. The summed E-state index contributed by atoms with van der Waals surface area (Å²) in [6, 6.07) is 10.2. The van der Waals surface area contributed by atoms with Crippen molar-refractivity contribution in [2.75, 3.05) is 27.2 Å². The third-order valence-electron chi connectivity index (χ3n) is 4.64. The standard InChI is InChI=1S/C17H23N3O2/c1-19-10-8-14(9-11-19)20(2)17(21)15-12-16(22-18-15)13-6-4-3-5-7-13/h3-7,14,16H,8-12H2,1-2H3. The largest absolute Gasteiger partial charge is 0.387 e. The van der Waals surface area contributed by atoms with Crippen molar-refractivity contribution in [3.63, 3.8) is 0 Å². The number of benzene rings is 1. The van der Waals surface area contributed by atoms with Crippen LogP contribution in [0, 0.1) is 0 Å². The van der Waals surface area contributed by atoms with E-state index < -0.39 is 0 Å². The van der Waals surface area contributed by atoms with Crippen LogP contribution in [0.1, 0.15) is 30.9 Å². The van der Waals surface area contributed by atoms with Crippen LogP contribution in [0.3, 0.4) is 0 Å². The summed E-state index contributed by atoms with van der Waals surface area (Å²) >= 11 is 0. The van der Waals surface area contributed by atoms with Crippen molar-refractivity contribution in [1.82, 2.24) is 9.80 Å². The molecule has 0 aromatic heterocycles. The molecule has 1 amide bonds. The lowest BCUT2D eigenvalue weighted by molar-refractivity contribution is -0.125. The molecule has 3 rings (SSSR count). The third-order valence-corrected chi connectivity index (χ3v) is 4.64. The zero-order valence-electron chi connectivity index (χ0n) is 13.2. The number of carbonyl (C=O) groups is 1. The minimum absolute atomic E-state index is 0.00739. The maximum Gasteiger partial charge on any atom is 0.271 e. The Hall–Kier alpha value is -1.88. The number of carbonyl (C=O) groups excluding carboxylic acids is 1. The van der Waals surface area contributed by atoms with Crippen molar-refractivity contribution >= 4 is 11.6 Å². The lowest BCUT2D eigenvalue weighted by Crippen LogP contribution is -2.46. The molecule has 0 radical (unpaired) electrons. The minimum Gasteiger partial charge on any atom is -0.387 e. The molecule has 2 aliphatic heterocycles. The average Bonchev–Trinajstić information content (AvgIpc) is 3.05. The van der Waals surface area contributed by atoms with Crippen LogP contribution in [0.25, 0.3) is 0 Å². The molecule has 0 spiro atoms. The highest BCUT2D eigenvalue weighted by molar-refractivity contribution is 6.39. The van der Waals surface area contributed by atoms with Gasteiger partial charge in [-0.2, -0.15) is 0 Å². The number of amides is 1. The van der Waals surface area contributed by atoms with Crippen LogP contribution in [-0.4, -0.2) is 54.6 Å². The average molecular weight is 301 g/mol. The van der Waals surface area contributed by atoms with Crippen molar-refractivity contribution in [3.8, 4) is 0 Å². The maximum atomic E-state index is 12.6. The molecule has 1 aromatic rings. The van der Waals surface area contributed by atoms with Crippen LogP contribution in [0.4, 0.5) is 0 Å². The molecule has 0 bridgehead atoms. The minimum atomic E-state index is -0.133. The molecule has 1 aromatic carbocycles. The normalized spacial score (nSPS) is 23.0. The molecule has 5 nitrogen and oxygen atoms in total. The van der Waals surface area contributed by atoms with E-state index in [1.807, 2.05) is 42.3 Å². The summed E-state index contributed by atoms with van der Waals surface area (Å²) in [7, 11) is 4.01. The second kappa shape index (κ2) is 6.48. The predicted octanol–water partition coefficient (Wildman–Crippen LogP) is 2.06. The van der Waals surface area contributed by atoms with E-state index in [4.69, 9.17) is 4.84 Å². The number of hydrogen-bond acceptors (Lipinski definition) is 4.